The second-order valence-electron chi connectivity index (χ2n) is 6.28. The highest BCUT2D eigenvalue weighted by Gasteiger charge is 2.28. The summed E-state index contributed by atoms with van der Waals surface area (Å²) in [5, 5.41) is 7.72. The van der Waals surface area contributed by atoms with Gasteiger partial charge in [0.1, 0.15) is 6.04 Å². The molecule has 8 nitrogen and oxygen atoms in total. The van der Waals surface area contributed by atoms with Gasteiger partial charge in [0, 0.05) is 17.4 Å². The fraction of sp³-hybridized carbons (Fsp3) is 0.158. The van der Waals surface area contributed by atoms with E-state index < -0.39 is 29.5 Å². The van der Waals surface area contributed by atoms with Gasteiger partial charge in [-0.3, -0.25) is 14.9 Å². The Morgan fingerprint density at radius 1 is 1.21 bits per heavy atom. The third-order valence-electron chi connectivity index (χ3n) is 4.03. The van der Waals surface area contributed by atoms with E-state index in [0.29, 0.717) is 0 Å². The van der Waals surface area contributed by atoms with Gasteiger partial charge in [-0.15, -0.1) is 0 Å². The molecule has 1 heterocycles. The van der Waals surface area contributed by atoms with Crippen LogP contribution in [0.5, 0.6) is 0 Å². The Labute approximate surface area is 164 Å². The summed E-state index contributed by atoms with van der Waals surface area (Å²) in [4.78, 5) is 32.1. The zero-order chi connectivity index (χ0) is 21.0. The van der Waals surface area contributed by atoms with Gasteiger partial charge in [-0.1, -0.05) is 18.2 Å². The number of nitrogens with two attached hydrogens (primary N) is 1. The van der Waals surface area contributed by atoms with E-state index in [2.05, 4.69) is 25.9 Å². The van der Waals surface area contributed by atoms with Gasteiger partial charge in [-0.2, -0.15) is 4.99 Å². The van der Waals surface area contributed by atoms with E-state index >= 15 is 0 Å². The second kappa shape index (κ2) is 8.46. The molecule has 2 amide bonds. The van der Waals surface area contributed by atoms with Crippen molar-refractivity contribution in [3.63, 3.8) is 0 Å². The molecule has 2 aromatic carbocycles. The molecule has 150 valence electrons. The van der Waals surface area contributed by atoms with Crippen molar-refractivity contribution >= 4 is 35.1 Å². The Morgan fingerprint density at radius 2 is 1.97 bits per heavy atom. The molecule has 0 radical (unpaired) electrons. The second-order valence-corrected chi connectivity index (χ2v) is 6.28. The van der Waals surface area contributed by atoms with Crippen LogP contribution in [0.25, 0.3) is 0 Å². The number of nitrogens with zero attached hydrogens (tertiary/aromatic N) is 2. The number of nitrogens with one attached hydrogen (secondary N) is 3. The number of carbonyl (C=O) groups is 2. The number of guanidine groups is 2. The SMILES string of the molecule is Cc1ccccc1N/C(N)=N/C1=NC(CC(=O)Nc2ccc(F)c(F)c2)C(=O)N1. The van der Waals surface area contributed by atoms with Crippen LogP contribution in [0, 0.1) is 18.6 Å². The summed E-state index contributed by atoms with van der Waals surface area (Å²) in [5.41, 5.74) is 7.61. The average Bonchev–Trinajstić information content (AvgIpc) is 2.98. The van der Waals surface area contributed by atoms with Gasteiger partial charge in [-0.05, 0) is 30.7 Å². The molecule has 0 aliphatic carbocycles. The van der Waals surface area contributed by atoms with Crippen molar-refractivity contribution in [3.8, 4) is 0 Å². The van der Waals surface area contributed by atoms with Crippen molar-refractivity contribution in [2.45, 2.75) is 19.4 Å². The smallest absolute Gasteiger partial charge is 0.252 e. The van der Waals surface area contributed by atoms with Crippen LogP contribution in [0.1, 0.15) is 12.0 Å². The number of hydrogen-bond donors (Lipinski definition) is 4. The monoisotopic (exact) mass is 400 g/mol. The Bertz CT molecular complexity index is 1020. The van der Waals surface area contributed by atoms with Crippen molar-refractivity contribution in [3.05, 3.63) is 59.7 Å². The van der Waals surface area contributed by atoms with Crippen LogP contribution < -0.4 is 21.7 Å². The lowest BCUT2D eigenvalue weighted by Gasteiger charge is -2.07. The first-order chi connectivity index (χ1) is 13.8. The summed E-state index contributed by atoms with van der Waals surface area (Å²) < 4.78 is 26.1. The largest absolute Gasteiger partial charge is 0.369 e. The lowest BCUT2D eigenvalue weighted by atomic mass is 10.2. The first kappa shape index (κ1) is 19.9. The molecule has 3 rings (SSSR count). The summed E-state index contributed by atoms with van der Waals surface area (Å²) in [5.74, 6) is -3.23. The van der Waals surface area contributed by atoms with E-state index in [-0.39, 0.29) is 24.0 Å². The number of benzene rings is 2. The molecule has 0 saturated heterocycles. The molecule has 1 unspecified atom stereocenters. The van der Waals surface area contributed by atoms with Gasteiger partial charge in [-0.25, -0.2) is 13.8 Å². The highest BCUT2D eigenvalue weighted by atomic mass is 19.2. The molecule has 29 heavy (non-hydrogen) atoms. The first-order valence-corrected chi connectivity index (χ1v) is 8.62. The van der Waals surface area contributed by atoms with Crippen molar-refractivity contribution in [1.82, 2.24) is 5.32 Å². The maximum absolute atomic E-state index is 13.2. The third-order valence-corrected chi connectivity index (χ3v) is 4.03. The molecule has 1 aliphatic heterocycles. The number of rotatable bonds is 4. The van der Waals surface area contributed by atoms with Crippen LogP contribution in [0.4, 0.5) is 20.2 Å². The number of para-hydroxylation sites is 1. The molecule has 0 spiro atoms. The van der Waals surface area contributed by atoms with E-state index in [9.17, 15) is 18.4 Å². The summed E-state index contributed by atoms with van der Waals surface area (Å²) in [6.07, 6.45) is -0.297. The molecule has 0 saturated carbocycles. The molecular weight excluding hydrogens is 382 g/mol. The van der Waals surface area contributed by atoms with Crippen LogP contribution in [0.15, 0.2) is 52.4 Å². The highest BCUT2D eigenvalue weighted by Crippen LogP contribution is 2.15. The quantitative estimate of drug-likeness (QED) is 0.463. The number of amides is 2. The minimum Gasteiger partial charge on any atom is -0.369 e. The number of aliphatic imine (C=N–C) groups is 2. The maximum atomic E-state index is 13.2. The van der Waals surface area contributed by atoms with Crippen molar-refractivity contribution in [2.75, 3.05) is 10.6 Å². The number of halogens is 2. The fourth-order valence-corrected chi connectivity index (χ4v) is 2.58. The summed E-state index contributed by atoms with van der Waals surface area (Å²) in [7, 11) is 0. The van der Waals surface area contributed by atoms with Gasteiger partial charge < -0.3 is 16.4 Å². The van der Waals surface area contributed by atoms with Gasteiger partial charge in [0.25, 0.3) is 5.91 Å². The van der Waals surface area contributed by atoms with E-state index in [1.807, 2.05) is 31.2 Å². The standard InChI is InChI=1S/C19H18F2N6O2/c1-10-4-2-3-5-14(10)24-18(22)27-19-25-15(17(29)26-19)9-16(28)23-11-6-7-12(20)13(21)8-11/h2-8,15H,9H2,1H3,(H,23,28)(H4,22,24,25,26,27,29). The predicted molar refractivity (Wildman–Crippen MR) is 105 cm³/mol. The van der Waals surface area contributed by atoms with Crippen LogP contribution in [0.2, 0.25) is 0 Å². The van der Waals surface area contributed by atoms with Crippen LogP contribution in [-0.4, -0.2) is 29.8 Å². The molecule has 0 aromatic heterocycles. The Hall–Kier alpha value is -3.82. The van der Waals surface area contributed by atoms with E-state index in [4.69, 9.17) is 5.73 Å². The molecule has 0 bridgehead atoms. The number of aryl methyl sites for hydroxylation is 1. The van der Waals surface area contributed by atoms with Gasteiger partial charge in [0.2, 0.25) is 17.8 Å². The number of anilines is 2. The number of hydrogen-bond acceptors (Lipinski definition) is 4. The number of carbonyl (C=O) groups excluding carboxylic acids is 2. The van der Waals surface area contributed by atoms with Crippen LogP contribution in [-0.2, 0) is 9.59 Å². The zero-order valence-corrected chi connectivity index (χ0v) is 15.4. The van der Waals surface area contributed by atoms with E-state index in [1.54, 1.807) is 0 Å². The third kappa shape index (κ3) is 5.12. The van der Waals surface area contributed by atoms with Gasteiger partial charge in [0.05, 0.1) is 6.42 Å². The summed E-state index contributed by atoms with van der Waals surface area (Å²) in [6.45, 7) is 1.89. The molecule has 2 aromatic rings. The van der Waals surface area contributed by atoms with E-state index in [0.717, 1.165) is 23.4 Å². The van der Waals surface area contributed by atoms with Crippen molar-refractivity contribution < 1.29 is 18.4 Å². The van der Waals surface area contributed by atoms with Gasteiger partial charge >= 0.3 is 0 Å². The minimum absolute atomic E-state index is 0.0187. The Balaban J connectivity index is 1.62. The van der Waals surface area contributed by atoms with Gasteiger partial charge in [0.15, 0.2) is 11.6 Å². The van der Waals surface area contributed by atoms with E-state index in [1.165, 1.54) is 6.07 Å². The highest BCUT2D eigenvalue weighted by molar-refractivity contribution is 6.11. The maximum Gasteiger partial charge on any atom is 0.252 e. The minimum atomic E-state index is -1.09. The average molecular weight is 400 g/mol. The normalized spacial score (nSPS) is 16.2. The van der Waals surface area contributed by atoms with Crippen LogP contribution in [0.3, 0.4) is 0 Å². The van der Waals surface area contributed by atoms with Crippen molar-refractivity contribution in [1.29, 1.82) is 0 Å². The van der Waals surface area contributed by atoms with Crippen LogP contribution >= 0.6 is 0 Å². The lowest BCUT2D eigenvalue weighted by Crippen LogP contribution is -2.32. The molecule has 1 atom stereocenters. The topological polar surface area (TPSA) is 121 Å². The molecule has 1 aliphatic rings. The molecule has 0 fully saturated rings. The fourth-order valence-electron chi connectivity index (χ4n) is 2.58. The summed E-state index contributed by atoms with van der Waals surface area (Å²) in [6, 6.07) is 9.36. The Morgan fingerprint density at radius 3 is 2.69 bits per heavy atom. The zero-order valence-electron chi connectivity index (χ0n) is 15.4. The van der Waals surface area contributed by atoms with Crippen molar-refractivity contribution in [2.24, 2.45) is 15.7 Å². The predicted octanol–water partition coefficient (Wildman–Crippen LogP) is 1.88. The first-order valence-electron chi connectivity index (χ1n) is 8.62. The lowest BCUT2D eigenvalue weighted by molar-refractivity contribution is -0.123. The molecule has 10 heteroatoms. The Kier molecular flexibility index (Phi) is 5.82. The summed E-state index contributed by atoms with van der Waals surface area (Å²) >= 11 is 0. The molecular formula is C19H18F2N6O2. The molecule has 5 N–H and O–H groups in total.